The summed E-state index contributed by atoms with van der Waals surface area (Å²) in [6.45, 7) is 2.41. The van der Waals surface area contributed by atoms with Gasteiger partial charge in [-0.2, -0.15) is 22.0 Å². The number of allylic oxidation sites excluding steroid dienone is 1. The third-order valence-electron chi connectivity index (χ3n) is 0.775. The zero-order chi connectivity index (χ0) is 9.78. The zero-order valence-electron chi connectivity index (χ0n) is 5.79. The number of halogens is 5. The second kappa shape index (κ2) is 4.08. The molecule has 0 saturated carbocycles. The van der Waals surface area contributed by atoms with Crippen LogP contribution >= 0.6 is 0 Å². The highest BCUT2D eigenvalue weighted by Gasteiger charge is 2.40. The van der Waals surface area contributed by atoms with Crippen molar-refractivity contribution >= 4 is 0 Å². The third-order valence-corrected chi connectivity index (χ3v) is 0.775. The molecule has 0 aromatic rings. The summed E-state index contributed by atoms with van der Waals surface area (Å²) in [4.78, 5) is 0. The molecule has 0 spiro atoms. The molecule has 70 valence electrons. The molecule has 0 saturated heterocycles. The molecular formula is C6H5F5O. The van der Waals surface area contributed by atoms with E-state index in [1.165, 1.54) is 0 Å². The van der Waals surface area contributed by atoms with E-state index >= 15 is 0 Å². The van der Waals surface area contributed by atoms with E-state index in [0.29, 0.717) is 0 Å². The monoisotopic (exact) mass is 188 g/mol. The number of alkyl halides is 3. The summed E-state index contributed by atoms with van der Waals surface area (Å²) < 4.78 is 61.5. The molecule has 0 bridgehead atoms. The molecule has 0 N–H and O–H groups in total. The summed E-state index contributed by atoms with van der Waals surface area (Å²) in [6.07, 6.45) is -7.10. The van der Waals surface area contributed by atoms with Gasteiger partial charge in [-0.15, -0.1) is 0 Å². The van der Waals surface area contributed by atoms with Crippen LogP contribution in [0.5, 0.6) is 0 Å². The topological polar surface area (TPSA) is 9.23 Å². The first-order valence-electron chi connectivity index (χ1n) is 2.75. The highest BCUT2D eigenvalue weighted by molar-refractivity contribution is 5.01. The fraction of sp³-hybridized carbons (Fsp3) is 0.333. The SMILES string of the molecule is C=CCOC(=C(F)F)C(F)(F)F. The Labute approximate surface area is 65.1 Å². The minimum atomic E-state index is -5.15. The van der Waals surface area contributed by atoms with Crippen LogP contribution in [0.1, 0.15) is 0 Å². The smallest absolute Gasteiger partial charge is 0.454 e. The minimum Gasteiger partial charge on any atom is -0.481 e. The molecule has 0 aromatic heterocycles. The Bertz CT molecular complexity index is 189. The van der Waals surface area contributed by atoms with Crippen molar-refractivity contribution in [3.63, 3.8) is 0 Å². The van der Waals surface area contributed by atoms with Crippen molar-refractivity contribution in [3.8, 4) is 0 Å². The zero-order valence-corrected chi connectivity index (χ0v) is 5.79. The fourth-order valence-corrected chi connectivity index (χ4v) is 0.386. The lowest BCUT2D eigenvalue weighted by Gasteiger charge is -2.09. The van der Waals surface area contributed by atoms with Crippen LogP contribution in [0.25, 0.3) is 0 Å². The number of ether oxygens (including phenoxy) is 1. The number of hydrogen-bond acceptors (Lipinski definition) is 1. The molecule has 12 heavy (non-hydrogen) atoms. The molecule has 0 amide bonds. The molecule has 1 nitrogen and oxygen atoms in total. The lowest BCUT2D eigenvalue weighted by atomic mass is 10.5. The first-order valence-corrected chi connectivity index (χ1v) is 2.75. The van der Waals surface area contributed by atoms with Gasteiger partial charge in [-0.25, -0.2) is 0 Å². The minimum absolute atomic E-state index is 0.605. The first-order chi connectivity index (χ1) is 5.39. The molecule has 0 radical (unpaired) electrons. The molecular weight excluding hydrogens is 183 g/mol. The molecule has 0 aromatic carbocycles. The van der Waals surface area contributed by atoms with Crippen molar-refractivity contribution in [1.29, 1.82) is 0 Å². The molecule has 0 fully saturated rings. The average Bonchev–Trinajstić information content (AvgIpc) is 1.84. The quantitative estimate of drug-likeness (QED) is 0.376. The Hall–Kier alpha value is -1.07. The van der Waals surface area contributed by atoms with E-state index in [-0.39, 0.29) is 0 Å². The summed E-state index contributed by atoms with van der Waals surface area (Å²) in [7, 11) is 0. The maximum absolute atomic E-state index is 11.6. The maximum Gasteiger partial charge on any atom is 0.454 e. The number of hydrogen-bond donors (Lipinski definition) is 0. The van der Waals surface area contributed by atoms with Crippen molar-refractivity contribution in [2.75, 3.05) is 6.61 Å². The van der Waals surface area contributed by atoms with E-state index in [1.54, 1.807) is 0 Å². The fourth-order valence-electron chi connectivity index (χ4n) is 0.386. The van der Waals surface area contributed by atoms with Crippen LogP contribution in [-0.4, -0.2) is 12.8 Å². The Morgan fingerprint density at radius 1 is 1.33 bits per heavy atom. The van der Waals surface area contributed by atoms with Crippen molar-refractivity contribution in [3.05, 3.63) is 24.5 Å². The van der Waals surface area contributed by atoms with Gasteiger partial charge in [0.05, 0.1) is 0 Å². The van der Waals surface area contributed by atoms with Gasteiger partial charge in [0.2, 0.25) is 0 Å². The van der Waals surface area contributed by atoms with Gasteiger partial charge >= 0.3 is 12.3 Å². The highest BCUT2D eigenvalue weighted by Crippen LogP contribution is 2.30. The van der Waals surface area contributed by atoms with Crippen LogP contribution in [0.3, 0.4) is 0 Å². The molecule has 0 unspecified atom stereocenters. The molecule has 0 aliphatic rings. The standard InChI is InChI=1S/C6H5F5O/c1-2-3-12-4(5(7)8)6(9,10)11/h2H,1,3H2. The summed E-state index contributed by atoms with van der Waals surface area (Å²) in [5, 5.41) is 0. The van der Waals surface area contributed by atoms with Gasteiger partial charge in [0.15, 0.2) is 0 Å². The third kappa shape index (κ3) is 3.36. The van der Waals surface area contributed by atoms with Gasteiger partial charge < -0.3 is 4.74 Å². The Morgan fingerprint density at radius 2 is 1.83 bits per heavy atom. The number of rotatable bonds is 3. The second-order valence-electron chi connectivity index (χ2n) is 1.69. The summed E-state index contributed by atoms with van der Waals surface area (Å²) >= 11 is 0. The molecule has 0 heterocycles. The predicted molar refractivity (Wildman–Crippen MR) is 31.4 cm³/mol. The van der Waals surface area contributed by atoms with Crippen LogP contribution in [0.4, 0.5) is 22.0 Å². The van der Waals surface area contributed by atoms with Crippen LogP contribution in [0, 0.1) is 0 Å². The van der Waals surface area contributed by atoms with Gasteiger partial charge in [0, 0.05) is 0 Å². The van der Waals surface area contributed by atoms with E-state index in [0.717, 1.165) is 6.08 Å². The van der Waals surface area contributed by atoms with Gasteiger partial charge in [-0.1, -0.05) is 12.7 Å². The van der Waals surface area contributed by atoms with Crippen LogP contribution in [0.15, 0.2) is 24.5 Å². The van der Waals surface area contributed by atoms with E-state index < -0.39 is 24.6 Å². The maximum atomic E-state index is 11.6. The first kappa shape index (κ1) is 10.9. The molecule has 0 atom stereocenters. The summed E-state index contributed by atoms with van der Waals surface area (Å²) in [5.41, 5.74) is 0. The Kier molecular flexibility index (Phi) is 3.72. The van der Waals surface area contributed by atoms with Crippen LogP contribution in [-0.2, 0) is 4.74 Å². The van der Waals surface area contributed by atoms with E-state index in [4.69, 9.17) is 0 Å². The molecule has 0 rings (SSSR count). The van der Waals surface area contributed by atoms with Gasteiger partial charge in [-0.3, -0.25) is 0 Å². The largest absolute Gasteiger partial charge is 0.481 e. The van der Waals surface area contributed by atoms with Crippen molar-refractivity contribution in [2.24, 2.45) is 0 Å². The molecule has 6 heteroatoms. The van der Waals surface area contributed by atoms with Crippen molar-refractivity contribution in [1.82, 2.24) is 0 Å². The Morgan fingerprint density at radius 3 is 2.08 bits per heavy atom. The lowest BCUT2D eigenvalue weighted by molar-refractivity contribution is -0.134. The molecule has 0 aliphatic heterocycles. The lowest BCUT2D eigenvalue weighted by Crippen LogP contribution is -2.15. The average molecular weight is 188 g/mol. The van der Waals surface area contributed by atoms with E-state index in [1.807, 2.05) is 0 Å². The van der Waals surface area contributed by atoms with Crippen molar-refractivity contribution in [2.45, 2.75) is 6.18 Å². The Balaban J connectivity index is 4.48. The van der Waals surface area contributed by atoms with Gasteiger partial charge in [0.25, 0.3) is 5.76 Å². The van der Waals surface area contributed by atoms with E-state index in [2.05, 4.69) is 11.3 Å². The highest BCUT2D eigenvalue weighted by atomic mass is 19.4. The van der Waals surface area contributed by atoms with Crippen LogP contribution in [0.2, 0.25) is 0 Å². The molecule has 0 aliphatic carbocycles. The normalized spacial score (nSPS) is 10.8. The van der Waals surface area contributed by atoms with E-state index in [9.17, 15) is 22.0 Å². The van der Waals surface area contributed by atoms with Crippen LogP contribution < -0.4 is 0 Å². The summed E-state index contributed by atoms with van der Waals surface area (Å²) in [5.74, 6) is -2.26. The predicted octanol–water partition coefficient (Wildman–Crippen LogP) is 2.86. The van der Waals surface area contributed by atoms with Gasteiger partial charge in [-0.05, 0) is 0 Å². The van der Waals surface area contributed by atoms with Gasteiger partial charge in [0.1, 0.15) is 6.61 Å². The van der Waals surface area contributed by atoms with Crippen molar-refractivity contribution < 1.29 is 26.7 Å². The summed E-state index contributed by atoms with van der Waals surface area (Å²) in [6, 6.07) is 0. The second-order valence-corrected chi connectivity index (χ2v) is 1.69.